The van der Waals surface area contributed by atoms with Crippen molar-refractivity contribution in [3.8, 4) is 0 Å². The fourth-order valence-corrected chi connectivity index (χ4v) is 4.07. The van der Waals surface area contributed by atoms with E-state index in [1.807, 2.05) is 24.5 Å². The molecule has 1 atom stereocenters. The number of guanidine groups is 1. The van der Waals surface area contributed by atoms with Gasteiger partial charge in [0, 0.05) is 38.1 Å². The van der Waals surface area contributed by atoms with E-state index in [1.165, 1.54) is 36.4 Å². The van der Waals surface area contributed by atoms with E-state index in [0.29, 0.717) is 5.92 Å². The molecule has 0 aliphatic carbocycles. The third-order valence-electron chi connectivity index (χ3n) is 4.65. The number of hydrogen-bond acceptors (Lipinski definition) is 3. The van der Waals surface area contributed by atoms with Crippen molar-refractivity contribution < 1.29 is 0 Å². The highest BCUT2D eigenvalue weighted by molar-refractivity contribution is 7.09. The lowest BCUT2D eigenvalue weighted by Crippen LogP contribution is -2.44. The van der Waals surface area contributed by atoms with Gasteiger partial charge >= 0.3 is 0 Å². The first-order chi connectivity index (χ1) is 12.3. The van der Waals surface area contributed by atoms with Crippen molar-refractivity contribution in [2.24, 2.45) is 10.9 Å². The molecule has 4 nitrogen and oxygen atoms in total. The SMILES string of the molecule is CN=C(NCc1ccccc1)NCC1CCCN(Cc2cccs2)C1. The number of aliphatic imine (C=N–C) groups is 1. The van der Waals surface area contributed by atoms with Crippen LogP contribution in [0.2, 0.25) is 0 Å². The largest absolute Gasteiger partial charge is 0.356 e. The lowest BCUT2D eigenvalue weighted by Gasteiger charge is -2.32. The van der Waals surface area contributed by atoms with Crippen LogP contribution in [0.15, 0.2) is 52.8 Å². The van der Waals surface area contributed by atoms with Gasteiger partial charge in [0.1, 0.15) is 0 Å². The van der Waals surface area contributed by atoms with Gasteiger partial charge in [-0.05, 0) is 42.3 Å². The third-order valence-corrected chi connectivity index (χ3v) is 5.51. The molecular weight excluding hydrogens is 328 g/mol. The number of nitrogens with one attached hydrogen (secondary N) is 2. The molecule has 134 valence electrons. The zero-order valence-electron chi connectivity index (χ0n) is 14.9. The van der Waals surface area contributed by atoms with Crippen LogP contribution in [-0.4, -0.2) is 37.5 Å². The third kappa shape index (κ3) is 5.87. The number of likely N-dealkylation sites (tertiary alicyclic amines) is 1. The molecule has 1 saturated heterocycles. The van der Waals surface area contributed by atoms with E-state index < -0.39 is 0 Å². The molecule has 1 fully saturated rings. The zero-order chi connectivity index (χ0) is 17.3. The van der Waals surface area contributed by atoms with Crippen LogP contribution >= 0.6 is 11.3 Å². The first kappa shape index (κ1) is 18.0. The highest BCUT2D eigenvalue weighted by Gasteiger charge is 2.20. The van der Waals surface area contributed by atoms with E-state index in [2.05, 4.69) is 62.3 Å². The summed E-state index contributed by atoms with van der Waals surface area (Å²) in [6, 6.07) is 14.8. The molecular formula is C20H28N4S. The fourth-order valence-electron chi connectivity index (χ4n) is 3.33. The highest BCUT2D eigenvalue weighted by atomic mass is 32.1. The van der Waals surface area contributed by atoms with Gasteiger partial charge in [-0.15, -0.1) is 11.3 Å². The van der Waals surface area contributed by atoms with Gasteiger partial charge in [0.15, 0.2) is 5.96 Å². The van der Waals surface area contributed by atoms with E-state index >= 15 is 0 Å². The van der Waals surface area contributed by atoms with E-state index in [4.69, 9.17) is 0 Å². The van der Waals surface area contributed by atoms with Gasteiger partial charge in [0.05, 0.1) is 0 Å². The monoisotopic (exact) mass is 356 g/mol. The lowest BCUT2D eigenvalue weighted by molar-refractivity contribution is 0.169. The second kappa shape index (κ2) is 9.59. The average Bonchev–Trinajstić information content (AvgIpc) is 3.16. The number of hydrogen-bond donors (Lipinski definition) is 2. The molecule has 3 rings (SSSR count). The topological polar surface area (TPSA) is 39.7 Å². The summed E-state index contributed by atoms with van der Waals surface area (Å²) in [6.07, 6.45) is 2.58. The van der Waals surface area contributed by atoms with Crippen LogP contribution in [-0.2, 0) is 13.1 Å². The van der Waals surface area contributed by atoms with Crippen LogP contribution in [0.5, 0.6) is 0 Å². The van der Waals surface area contributed by atoms with Crippen LogP contribution in [0, 0.1) is 5.92 Å². The van der Waals surface area contributed by atoms with Gasteiger partial charge in [-0.1, -0.05) is 36.4 Å². The second-order valence-electron chi connectivity index (χ2n) is 6.61. The number of rotatable bonds is 6. The number of piperidine rings is 1. The standard InChI is InChI=1S/C20H28N4S/c1-21-20(22-13-17-7-3-2-4-8-17)23-14-18-9-5-11-24(15-18)16-19-10-6-12-25-19/h2-4,6-8,10,12,18H,5,9,11,13-16H2,1H3,(H2,21,22,23). The molecule has 1 unspecified atom stereocenters. The number of benzene rings is 1. The summed E-state index contributed by atoms with van der Waals surface area (Å²) in [6.45, 7) is 5.26. The number of nitrogens with zero attached hydrogens (tertiary/aromatic N) is 2. The van der Waals surface area contributed by atoms with Crippen molar-refractivity contribution >= 4 is 17.3 Å². The van der Waals surface area contributed by atoms with E-state index in [0.717, 1.165) is 25.6 Å². The Morgan fingerprint density at radius 1 is 1.20 bits per heavy atom. The Morgan fingerprint density at radius 2 is 2.08 bits per heavy atom. The predicted molar refractivity (Wildman–Crippen MR) is 107 cm³/mol. The van der Waals surface area contributed by atoms with Crippen molar-refractivity contribution in [2.45, 2.75) is 25.9 Å². The van der Waals surface area contributed by atoms with E-state index in [9.17, 15) is 0 Å². The molecule has 2 N–H and O–H groups in total. The normalized spacial score (nSPS) is 18.9. The molecule has 1 aliphatic rings. The van der Waals surface area contributed by atoms with Gasteiger partial charge < -0.3 is 10.6 Å². The Morgan fingerprint density at radius 3 is 2.84 bits per heavy atom. The number of thiophene rings is 1. The van der Waals surface area contributed by atoms with Gasteiger partial charge in [-0.3, -0.25) is 9.89 Å². The van der Waals surface area contributed by atoms with Gasteiger partial charge in [-0.2, -0.15) is 0 Å². The molecule has 2 heterocycles. The molecule has 1 aliphatic heterocycles. The van der Waals surface area contributed by atoms with Crippen molar-refractivity contribution in [1.82, 2.24) is 15.5 Å². The van der Waals surface area contributed by atoms with Crippen LogP contribution in [0.4, 0.5) is 0 Å². The summed E-state index contributed by atoms with van der Waals surface area (Å²) in [5.74, 6) is 1.57. The summed E-state index contributed by atoms with van der Waals surface area (Å²) < 4.78 is 0. The van der Waals surface area contributed by atoms with Gasteiger partial charge in [0.2, 0.25) is 0 Å². The molecule has 2 aromatic rings. The minimum absolute atomic E-state index is 0.684. The molecule has 0 saturated carbocycles. The molecule has 0 bridgehead atoms. The van der Waals surface area contributed by atoms with Crippen LogP contribution in [0.3, 0.4) is 0 Å². The lowest BCUT2D eigenvalue weighted by atomic mass is 9.98. The van der Waals surface area contributed by atoms with Gasteiger partial charge in [-0.25, -0.2) is 0 Å². The maximum Gasteiger partial charge on any atom is 0.191 e. The predicted octanol–water partition coefficient (Wildman–Crippen LogP) is 3.33. The molecule has 1 aromatic heterocycles. The Hall–Kier alpha value is -1.85. The Kier molecular flexibility index (Phi) is 6.89. The second-order valence-corrected chi connectivity index (χ2v) is 7.65. The van der Waals surface area contributed by atoms with E-state index in [1.54, 1.807) is 0 Å². The van der Waals surface area contributed by atoms with Crippen molar-refractivity contribution in [1.29, 1.82) is 0 Å². The molecule has 25 heavy (non-hydrogen) atoms. The van der Waals surface area contributed by atoms with Gasteiger partial charge in [0.25, 0.3) is 0 Å². The zero-order valence-corrected chi connectivity index (χ0v) is 15.8. The van der Waals surface area contributed by atoms with Crippen LogP contribution in [0.25, 0.3) is 0 Å². The maximum absolute atomic E-state index is 4.35. The first-order valence-corrected chi connectivity index (χ1v) is 9.94. The summed E-state index contributed by atoms with van der Waals surface area (Å²) >= 11 is 1.86. The van der Waals surface area contributed by atoms with Crippen LogP contribution in [0.1, 0.15) is 23.3 Å². The molecule has 5 heteroatoms. The summed E-state index contributed by atoms with van der Waals surface area (Å²) in [7, 11) is 1.84. The average molecular weight is 357 g/mol. The minimum Gasteiger partial charge on any atom is -0.356 e. The molecule has 0 spiro atoms. The Bertz CT molecular complexity index is 639. The van der Waals surface area contributed by atoms with Crippen LogP contribution < -0.4 is 10.6 Å². The molecule has 1 aromatic carbocycles. The van der Waals surface area contributed by atoms with Crippen molar-refractivity contribution in [3.63, 3.8) is 0 Å². The van der Waals surface area contributed by atoms with Crippen molar-refractivity contribution in [3.05, 3.63) is 58.3 Å². The van der Waals surface area contributed by atoms with E-state index in [-0.39, 0.29) is 0 Å². The smallest absolute Gasteiger partial charge is 0.191 e. The quantitative estimate of drug-likeness (QED) is 0.616. The summed E-state index contributed by atoms with van der Waals surface area (Å²) in [4.78, 5) is 8.40. The van der Waals surface area contributed by atoms with Crippen molar-refractivity contribution in [2.75, 3.05) is 26.7 Å². The maximum atomic E-state index is 4.35. The summed E-state index contributed by atoms with van der Waals surface area (Å²) in [5.41, 5.74) is 1.27. The first-order valence-electron chi connectivity index (χ1n) is 9.06. The Labute approximate surface area is 155 Å². The molecule has 0 amide bonds. The minimum atomic E-state index is 0.684. The molecule has 0 radical (unpaired) electrons. The summed E-state index contributed by atoms with van der Waals surface area (Å²) in [5, 5.41) is 9.07. The fraction of sp³-hybridized carbons (Fsp3) is 0.450. The highest BCUT2D eigenvalue weighted by Crippen LogP contribution is 2.19. The Balaban J connectivity index is 1.41.